The molecule has 260 valence electrons. The van der Waals surface area contributed by atoms with Gasteiger partial charge >= 0.3 is 0 Å². The molecule has 2 aliphatic heterocycles. The fourth-order valence-electron chi connectivity index (χ4n) is 9.68. The Morgan fingerprint density at radius 3 is 2.36 bits per heavy atom. The van der Waals surface area contributed by atoms with E-state index in [2.05, 4.69) is 153 Å². The molecule has 4 aromatic carbocycles. The number of thiophene rings is 1. The van der Waals surface area contributed by atoms with Crippen LogP contribution in [-0.2, 0) is 6.42 Å². The van der Waals surface area contributed by atoms with Gasteiger partial charge in [-0.25, -0.2) is 0 Å². The average molecular weight is 709 g/mol. The summed E-state index contributed by atoms with van der Waals surface area (Å²) >= 11 is 1.83. The van der Waals surface area contributed by atoms with Crippen LogP contribution in [0.15, 0.2) is 120 Å². The van der Waals surface area contributed by atoms with Gasteiger partial charge in [-0.05, 0) is 110 Å². The first-order chi connectivity index (χ1) is 25.8. The van der Waals surface area contributed by atoms with E-state index in [1.165, 1.54) is 87.2 Å². The highest BCUT2D eigenvalue weighted by atomic mass is 32.1. The van der Waals surface area contributed by atoms with Crippen LogP contribution in [0, 0.1) is 20.8 Å². The molecule has 4 heteroatoms. The molecule has 0 spiro atoms. The molecule has 0 saturated carbocycles. The summed E-state index contributed by atoms with van der Waals surface area (Å²) in [5, 5.41) is 3.56. The first-order valence-electron chi connectivity index (χ1n) is 19.1. The van der Waals surface area contributed by atoms with E-state index in [1.807, 2.05) is 11.3 Å². The summed E-state index contributed by atoms with van der Waals surface area (Å²) in [5.41, 5.74) is 17.3. The van der Waals surface area contributed by atoms with Crippen molar-refractivity contribution in [3.8, 4) is 33.6 Å². The highest BCUT2D eigenvalue weighted by molar-refractivity contribution is 7.19. The second-order valence-corrected chi connectivity index (χ2v) is 17.0. The lowest BCUT2D eigenvalue weighted by atomic mass is 9.77. The van der Waals surface area contributed by atoms with Crippen molar-refractivity contribution < 1.29 is 13.6 Å². The van der Waals surface area contributed by atoms with Crippen LogP contribution in [0.2, 0.25) is 0 Å². The third-order valence-corrected chi connectivity index (χ3v) is 13.1. The minimum Gasteiger partial charge on any atom is -0.454 e. The number of pyridine rings is 2. The molecule has 0 amide bonds. The summed E-state index contributed by atoms with van der Waals surface area (Å²) in [7, 11) is 0. The lowest BCUT2D eigenvalue weighted by molar-refractivity contribution is -0.720. The summed E-state index contributed by atoms with van der Waals surface area (Å²) in [4.78, 5) is 1.30. The number of allylic oxidation sites excluding steroid dienone is 1. The number of fused-ring (bicyclic) bond motifs is 15. The number of furan rings is 1. The fourth-order valence-corrected chi connectivity index (χ4v) is 10.6. The van der Waals surface area contributed by atoms with Crippen LogP contribution < -0.4 is 9.13 Å². The Labute approximate surface area is 315 Å². The van der Waals surface area contributed by atoms with Crippen molar-refractivity contribution in [1.82, 2.24) is 0 Å². The van der Waals surface area contributed by atoms with Gasteiger partial charge in [-0.15, -0.1) is 11.3 Å². The van der Waals surface area contributed by atoms with Crippen LogP contribution >= 0.6 is 11.3 Å². The maximum absolute atomic E-state index is 7.16. The number of hydrogen-bond acceptors (Lipinski definition) is 2. The summed E-state index contributed by atoms with van der Waals surface area (Å²) in [6, 6.07) is 36.6. The highest BCUT2D eigenvalue weighted by Crippen LogP contribution is 2.47. The molecular formula is C49H44N2OS+2. The number of aryl methyl sites for hydroxylation is 4. The topological polar surface area (TPSA) is 20.9 Å². The molecule has 53 heavy (non-hydrogen) atoms. The third kappa shape index (κ3) is 4.92. The van der Waals surface area contributed by atoms with E-state index in [4.69, 9.17) is 11.0 Å². The zero-order chi connectivity index (χ0) is 36.1. The van der Waals surface area contributed by atoms with Crippen LogP contribution in [0.1, 0.15) is 77.3 Å². The first kappa shape index (κ1) is 32.3. The molecule has 0 N–H and O–H groups in total. The Bertz CT molecular complexity index is 2790. The lowest BCUT2D eigenvalue weighted by Crippen LogP contribution is -2.49. The molecule has 3 nitrogen and oxygen atoms in total. The quantitative estimate of drug-likeness (QED) is 0.164. The van der Waals surface area contributed by atoms with Gasteiger partial charge in [0.2, 0.25) is 11.4 Å². The Balaban J connectivity index is 1.29. The lowest BCUT2D eigenvalue weighted by Gasteiger charge is -2.31. The van der Waals surface area contributed by atoms with Crippen LogP contribution in [0.25, 0.3) is 71.4 Å². The molecule has 0 aliphatic carbocycles. The molecule has 8 aromatic rings. The van der Waals surface area contributed by atoms with E-state index >= 15 is 0 Å². The Hall–Kier alpha value is -5.32. The minimum absolute atomic E-state index is 0.231. The molecule has 2 unspecified atom stereocenters. The zero-order valence-electron chi connectivity index (χ0n) is 31.2. The molecule has 4 aromatic heterocycles. The van der Waals surface area contributed by atoms with Gasteiger partial charge in [0, 0.05) is 55.4 Å². The summed E-state index contributed by atoms with van der Waals surface area (Å²) < 4.78 is 13.4. The van der Waals surface area contributed by atoms with Gasteiger partial charge < -0.3 is 4.42 Å². The first-order valence-corrected chi connectivity index (χ1v) is 19.9. The molecule has 0 bridgehead atoms. The van der Waals surface area contributed by atoms with E-state index in [0.717, 1.165) is 36.1 Å². The van der Waals surface area contributed by atoms with Gasteiger partial charge in [0.05, 0.1) is 17.5 Å². The van der Waals surface area contributed by atoms with Crippen molar-refractivity contribution in [3.63, 3.8) is 0 Å². The van der Waals surface area contributed by atoms with E-state index in [0.29, 0.717) is 11.8 Å². The Morgan fingerprint density at radius 1 is 0.755 bits per heavy atom. The molecule has 0 radical (unpaired) electrons. The van der Waals surface area contributed by atoms with E-state index in [-0.39, 0.29) is 6.04 Å². The van der Waals surface area contributed by atoms with Crippen molar-refractivity contribution in [2.24, 2.45) is 0 Å². The number of nitrogens with zero attached hydrogens (tertiary/aromatic N) is 2. The van der Waals surface area contributed by atoms with E-state index in [9.17, 15) is 0 Å². The number of aromatic nitrogens is 2. The Morgan fingerprint density at radius 2 is 1.53 bits per heavy atom. The predicted molar refractivity (Wildman–Crippen MR) is 221 cm³/mol. The predicted octanol–water partition coefficient (Wildman–Crippen LogP) is 12.6. The van der Waals surface area contributed by atoms with Gasteiger partial charge in [-0.1, -0.05) is 62.4 Å². The fraction of sp³-hybridized carbons (Fsp3) is 0.224. The van der Waals surface area contributed by atoms with Crippen LogP contribution in [0.3, 0.4) is 0 Å². The summed E-state index contributed by atoms with van der Waals surface area (Å²) in [5.74, 6) is 0.637. The molecule has 0 fully saturated rings. The van der Waals surface area contributed by atoms with Crippen LogP contribution in [-0.4, -0.2) is 0 Å². The number of benzene rings is 4. The standard InChI is InChI=1S/C49H44N2OS/c1-28(2)39-26-44-47-33(18-20-38-37-21-22-45-40(25-32(6)53-45)48(37)52-49(38)47)17-19-36-34-14-7-8-15-35(34)42-16-9-10-23-50(42)43(36)24-31(5)51(44)27-41(39)46-29(3)12-11-13-30(46)4/h7-16,18,20-23,25-28,36,43H,5,17,19,24H2,1-4,6H3/q+2. The monoisotopic (exact) mass is 708 g/mol. The van der Waals surface area contributed by atoms with Gasteiger partial charge in [0.25, 0.3) is 0 Å². The molecule has 6 heterocycles. The zero-order valence-corrected chi connectivity index (χ0v) is 32.0. The summed E-state index contributed by atoms with van der Waals surface area (Å²) in [6.45, 7) is 16.3. The van der Waals surface area contributed by atoms with Crippen molar-refractivity contribution in [1.29, 1.82) is 0 Å². The van der Waals surface area contributed by atoms with Crippen molar-refractivity contribution in [2.45, 2.75) is 71.8 Å². The number of hydrogen-bond donors (Lipinski definition) is 0. The highest BCUT2D eigenvalue weighted by Gasteiger charge is 2.43. The molecule has 10 rings (SSSR count). The van der Waals surface area contributed by atoms with Crippen LogP contribution in [0.5, 0.6) is 0 Å². The van der Waals surface area contributed by atoms with Crippen molar-refractivity contribution in [3.05, 3.63) is 149 Å². The maximum atomic E-state index is 7.16. The minimum atomic E-state index is 0.231. The van der Waals surface area contributed by atoms with Gasteiger partial charge in [0.15, 0.2) is 24.1 Å². The van der Waals surface area contributed by atoms with Crippen LogP contribution in [0.4, 0.5) is 0 Å². The van der Waals surface area contributed by atoms with E-state index in [1.54, 1.807) is 0 Å². The Kier molecular flexibility index (Phi) is 7.39. The SMILES string of the molecule is C=C1CC2C(CCc3ccc4c(oc5c6cc(C)sc6ccc45)c3-c3cc(C(C)C)c(-c4c(C)cccc4C)c[n+]31)c1ccccc1-c1cccc[n+]12. The molecule has 2 aliphatic rings. The van der Waals surface area contributed by atoms with Gasteiger partial charge in [0.1, 0.15) is 11.2 Å². The second-order valence-electron chi connectivity index (χ2n) is 15.7. The maximum Gasteiger partial charge on any atom is 0.222 e. The second kappa shape index (κ2) is 12.1. The third-order valence-electron chi connectivity index (χ3n) is 12.1. The largest absolute Gasteiger partial charge is 0.454 e. The van der Waals surface area contributed by atoms with Crippen molar-refractivity contribution >= 4 is 49.1 Å². The molecular weight excluding hydrogens is 665 g/mol. The van der Waals surface area contributed by atoms with Gasteiger partial charge in [-0.2, -0.15) is 9.13 Å². The molecule has 0 saturated heterocycles. The molecule has 2 atom stereocenters. The average Bonchev–Trinajstić information content (AvgIpc) is 3.73. The number of rotatable bonds is 2. The van der Waals surface area contributed by atoms with Crippen molar-refractivity contribution in [2.75, 3.05) is 0 Å². The van der Waals surface area contributed by atoms with E-state index < -0.39 is 0 Å². The normalized spacial score (nSPS) is 16.8. The summed E-state index contributed by atoms with van der Waals surface area (Å²) in [6.07, 6.45) is 7.50. The smallest absolute Gasteiger partial charge is 0.222 e. The van der Waals surface area contributed by atoms with Gasteiger partial charge in [-0.3, -0.25) is 0 Å².